The highest BCUT2D eigenvalue weighted by molar-refractivity contribution is 5.85. The number of nitrogens with one attached hydrogen (secondary N) is 2. The highest BCUT2D eigenvalue weighted by Crippen LogP contribution is 2.31. The zero-order valence-corrected chi connectivity index (χ0v) is 17.7. The van der Waals surface area contributed by atoms with Gasteiger partial charge in [-0.05, 0) is 49.8 Å². The van der Waals surface area contributed by atoms with E-state index in [-0.39, 0.29) is 18.4 Å². The van der Waals surface area contributed by atoms with Crippen molar-refractivity contribution >= 4 is 11.8 Å². The van der Waals surface area contributed by atoms with Crippen molar-refractivity contribution in [1.82, 2.24) is 10.6 Å². The van der Waals surface area contributed by atoms with E-state index >= 15 is 0 Å². The van der Waals surface area contributed by atoms with Crippen LogP contribution in [0.25, 0.3) is 0 Å². The molecule has 0 aliphatic heterocycles. The number of allylic oxidation sites excluding steroid dienone is 5. The van der Waals surface area contributed by atoms with Gasteiger partial charge in [0.05, 0.1) is 6.54 Å². The van der Waals surface area contributed by atoms with E-state index in [0.29, 0.717) is 6.42 Å². The Kier molecular flexibility index (Phi) is 10.7. The van der Waals surface area contributed by atoms with Crippen LogP contribution >= 0.6 is 0 Å². The van der Waals surface area contributed by atoms with Gasteiger partial charge in [-0.15, -0.1) is 0 Å². The Morgan fingerprint density at radius 1 is 0.929 bits per heavy atom. The summed E-state index contributed by atoms with van der Waals surface area (Å²) in [6.07, 6.45) is 22.3. The highest BCUT2D eigenvalue weighted by atomic mass is 16.2. The van der Waals surface area contributed by atoms with E-state index < -0.39 is 0 Å². The van der Waals surface area contributed by atoms with Crippen molar-refractivity contribution in [2.45, 2.75) is 96.8 Å². The molecule has 0 bridgehead atoms. The minimum Gasteiger partial charge on any atom is -0.347 e. The second kappa shape index (κ2) is 13.4. The van der Waals surface area contributed by atoms with Gasteiger partial charge in [-0.25, -0.2) is 0 Å². The Morgan fingerprint density at radius 2 is 1.64 bits per heavy atom. The largest absolute Gasteiger partial charge is 0.347 e. The average Bonchev–Trinajstić information content (AvgIpc) is 3.03. The maximum atomic E-state index is 12.1. The molecule has 4 nitrogen and oxygen atoms in total. The minimum atomic E-state index is -0.154. The van der Waals surface area contributed by atoms with E-state index in [1.54, 1.807) is 0 Å². The summed E-state index contributed by atoms with van der Waals surface area (Å²) in [5.74, 6) is -0.178. The summed E-state index contributed by atoms with van der Waals surface area (Å²) in [5, 5.41) is 5.66. The van der Waals surface area contributed by atoms with E-state index in [9.17, 15) is 9.59 Å². The first-order valence-electron chi connectivity index (χ1n) is 11.3. The third-order valence-corrected chi connectivity index (χ3v) is 5.61. The van der Waals surface area contributed by atoms with Gasteiger partial charge in [0.25, 0.3) is 0 Å². The summed E-state index contributed by atoms with van der Waals surface area (Å²) in [4.78, 5) is 24.1. The van der Waals surface area contributed by atoms with Gasteiger partial charge in [-0.3, -0.25) is 9.59 Å². The molecule has 0 radical (unpaired) electrons. The molecule has 156 valence electrons. The fourth-order valence-electron chi connectivity index (χ4n) is 3.95. The molecule has 2 N–H and O–H groups in total. The molecule has 0 aromatic carbocycles. The third kappa shape index (κ3) is 8.90. The van der Waals surface area contributed by atoms with E-state index in [0.717, 1.165) is 31.4 Å². The number of hydrogen-bond donors (Lipinski definition) is 2. The van der Waals surface area contributed by atoms with Crippen LogP contribution in [0, 0.1) is 0 Å². The summed E-state index contributed by atoms with van der Waals surface area (Å²) in [6.45, 7) is 2.29. The van der Waals surface area contributed by atoms with Crippen molar-refractivity contribution in [1.29, 1.82) is 0 Å². The molecule has 0 fully saturated rings. The number of carbonyl (C=O) groups is 2. The minimum absolute atomic E-state index is 0.0238. The summed E-state index contributed by atoms with van der Waals surface area (Å²) >= 11 is 0. The predicted molar refractivity (Wildman–Crippen MR) is 116 cm³/mol. The molecule has 0 atom stereocenters. The molecule has 0 aromatic rings. The van der Waals surface area contributed by atoms with E-state index in [4.69, 9.17) is 0 Å². The lowest BCUT2D eigenvalue weighted by atomic mass is 10.1. The Bertz CT molecular complexity index is 602. The zero-order chi connectivity index (χ0) is 20.0. The van der Waals surface area contributed by atoms with Crippen LogP contribution in [0.1, 0.15) is 96.8 Å². The number of hydrogen-bond acceptors (Lipinski definition) is 2. The zero-order valence-electron chi connectivity index (χ0n) is 17.7. The van der Waals surface area contributed by atoms with Crippen molar-refractivity contribution in [2.75, 3.05) is 6.54 Å². The first kappa shape index (κ1) is 22.4. The van der Waals surface area contributed by atoms with Crippen LogP contribution in [-0.2, 0) is 9.59 Å². The fraction of sp³-hybridized carbons (Fsp3) is 0.667. The predicted octanol–water partition coefficient (Wildman–Crippen LogP) is 5.46. The first-order chi connectivity index (χ1) is 13.7. The lowest BCUT2D eigenvalue weighted by Crippen LogP contribution is -2.36. The van der Waals surface area contributed by atoms with Crippen molar-refractivity contribution in [2.24, 2.45) is 0 Å². The summed E-state index contributed by atoms with van der Waals surface area (Å²) in [7, 11) is 0. The van der Waals surface area contributed by atoms with Crippen molar-refractivity contribution in [3.05, 3.63) is 35.1 Å². The lowest BCUT2D eigenvalue weighted by Gasteiger charge is -2.08. The van der Waals surface area contributed by atoms with E-state index in [2.05, 4.69) is 29.7 Å². The third-order valence-electron chi connectivity index (χ3n) is 5.61. The van der Waals surface area contributed by atoms with Gasteiger partial charge < -0.3 is 10.6 Å². The standard InChI is InChI=1S/C24H38N2O2/c1-2-3-4-5-6-7-8-9-10-17-23(27)25-19-24(28)26-22-16-12-14-20-13-11-15-21(20)18-22/h12,16,18H,2-11,13-15,17,19H2,1H3,(H,25,27)(H,26,28). The smallest absolute Gasteiger partial charge is 0.243 e. The average molecular weight is 387 g/mol. The molecule has 2 aliphatic rings. The van der Waals surface area contributed by atoms with Crippen LogP contribution in [0.4, 0.5) is 0 Å². The normalized spacial score (nSPS) is 15.8. The first-order valence-corrected chi connectivity index (χ1v) is 11.3. The molecular weight excluding hydrogens is 348 g/mol. The van der Waals surface area contributed by atoms with Crippen LogP contribution in [-0.4, -0.2) is 18.4 Å². The lowest BCUT2D eigenvalue weighted by molar-refractivity contribution is -0.125. The molecule has 2 amide bonds. The summed E-state index contributed by atoms with van der Waals surface area (Å²) < 4.78 is 0. The van der Waals surface area contributed by atoms with Crippen LogP contribution in [0.5, 0.6) is 0 Å². The molecule has 4 heteroatoms. The summed E-state index contributed by atoms with van der Waals surface area (Å²) in [5.41, 5.74) is 3.70. The van der Waals surface area contributed by atoms with Gasteiger partial charge in [0.2, 0.25) is 11.8 Å². The van der Waals surface area contributed by atoms with E-state index in [1.807, 2.05) is 6.08 Å². The number of amides is 2. The second-order valence-electron chi connectivity index (χ2n) is 8.09. The van der Waals surface area contributed by atoms with Crippen molar-refractivity contribution in [3.8, 4) is 0 Å². The maximum absolute atomic E-state index is 12.1. The van der Waals surface area contributed by atoms with Gasteiger partial charge in [0.15, 0.2) is 0 Å². The molecule has 0 aromatic heterocycles. The van der Waals surface area contributed by atoms with Crippen LogP contribution < -0.4 is 10.6 Å². The molecule has 0 unspecified atom stereocenters. The Labute approximate surface area is 170 Å². The molecule has 0 saturated carbocycles. The monoisotopic (exact) mass is 386 g/mol. The molecule has 0 heterocycles. The van der Waals surface area contributed by atoms with Gasteiger partial charge in [-0.1, -0.05) is 69.9 Å². The molecule has 2 aliphatic carbocycles. The van der Waals surface area contributed by atoms with Gasteiger partial charge in [-0.2, -0.15) is 0 Å². The molecule has 0 saturated heterocycles. The van der Waals surface area contributed by atoms with Crippen LogP contribution in [0.2, 0.25) is 0 Å². The Morgan fingerprint density at radius 3 is 2.39 bits per heavy atom. The number of unbranched alkanes of at least 4 members (excludes halogenated alkanes) is 8. The quantitative estimate of drug-likeness (QED) is 0.413. The van der Waals surface area contributed by atoms with Gasteiger partial charge in [0, 0.05) is 12.1 Å². The highest BCUT2D eigenvalue weighted by Gasteiger charge is 2.15. The summed E-state index contributed by atoms with van der Waals surface area (Å²) in [6, 6.07) is 0. The van der Waals surface area contributed by atoms with Gasteiger partial charge >= 0.3 is 0 Å². The van der Waals surface area contributed by atoms with Crippen molar-refractivity contribution < 1.29 is 9.59 Å². The number of carbonyl (C=O) groups excluding carboxylic acids is 2. The Hall–Kier alpha value is -1.84. The van der Waals surface area contributed by atoms with Crippen LogP contribution in [0.3, 0.4) is 0 Å². The molecule has 28 heavy (non-hydrogen) atoms. The molecule has 0 spiro atoms. The SMILES string of the molecule is CCCCCCCCCCCC(=O)NCC(=O)NC1=CC2=C(CC=C1)CCC2. The Balaban J connectivity index is 1.52. The fourth-order valence-corrected chi connectivity index (χ4v) is 3.95. The topological polar surface area (TPSA) is 58.2 Å². The number of rotatable bonds is 13. The van der Waals surface area contributed by atoms with Crippen LogP contribution in [0.15, 0.2) is 35.1 Å². The molecule has 2 rings (SSSR count). The van der Waals surface area contributed by atoms with Crippen molar-refractivity contribution in [3.63, 3.8) is 0 Å². The van der Waals surface area contributed by atoms with Gasteiger partial charge in [0.1, 0.15) is 0 Å². The maximum Gasteiger partial charge on any atom is 0.243 e. The molecular formula is C24H38N2O2. The van der Waals surface area contributed by atoms with E-state index in [1.165, 1.54) is 68.9 Å². The second-order valence-corrected chi connectivity index (χ2v) is 8.09.